The Labute approximate surface area is 163 Å². The van der Waals surface area contributed by atoms with Crippen molar-refractivity contribution in [2.75, 3.05) is 6.61 Å². The van der Waals surface area contributed by atoms with Crippen LogP contribution in [0.25, 0.3) is 0 Å². The van der Waals surface area contributed by atoms with Gasteiger partial charge in [-0.2, -0.15) is 0 Å². The minimum Gasteiger partial charge on any atom is -0.481 e. The Morgan fingerprint density at radius 3 is 2.75 bits per heavy atom. The van der Waals surface area contributed by atoms with Gasteiger partial charge in [0, 0.05) is 18.3 Å². The van der Waals surface area contributed by atoms with Gasteiger partial charge in [0.15, 0.2) is 5.78 Å². The monoisotopic (exact) mass is 386 g/mol. The summed E-state index contributed by atoms with van der Waals surface area (Å²) in [6.07, 6.45) is 9.50. The van der Waals surface area contributed by atoms with Crippen LogP contribution in [0, 0.1) is 28.6 Å². The molecule has 4 fully saturated rings. The van der Waals surface area contributed by atoms with Crippen molar-refractivity contribution in [3.63, 3.8) is 0 Å². The molecule has 6 atom stereocenters. The van der Waals surface area contributed by atoms with E-state index in [-0.39, 0.29) is 48.5 Å². The van der Waals surface area contributed by atoms with E-state index in [1.807, 2.05) is 6.08 Å². The van der Waals surface area contributed by atoms with Gasteiger partial charge in [0.25, 0.3) is 0 Å². The molecule has 2 saturated heterocycles. The van der Waals surface area contributed by atoms with Gasteiger partial charge in [0.1, 0.15) is 6.61 Å². The molecule has 150 valence electrons. The number of allylic oxidation sites excluding steroid dienone is 3. The van der Waals surface area contributed by atoms with Crippen molar-refractivity contribution >= 4 is 17.7 Å². The second-order valence-electron chi connectivity index (χ2n) is 9.42. The van der Waals surface area contributed by atoms with Gasteiger partial charge in [0.2, 0.25) is 0 Å². The minimum absolute atomic E-state index is 0.0369. The third-order valence-corrected chi connectivity index (χ3v) is 8.61. The third-order valence-electron chi connectivity index (χ3n) is 8.61. The van der Waals surface area contributed by atoms with Crippen molar-refractivity contribution in [3.8, 4) is 0 Å². The highest BCUT2D eigenvalue weighted by molar-refractivity contribution is 5.92. The molecule has 0 amide bonds. The van der Waals surface area contributed by atoms with Crippen LogP contribution in [0.2, 0.25) is 0 Å². The molecule has 4 aliphatic carbocycles. The molecule has 0 aromatic heterocycles. The maximum atomic E-state index is 13.4. The first kappa shape index (κ1) is 18.1. The molecule has 2 N–H and O–H groups in total. The van der Waals surface area contributed by atoms with Crippen LogP contribution in [-0.4, -0.2) is 40.1 Å². The number of ether oxygens (including phenoxy) is 1. The normalized spacial score (nSPS) is 46.2. The number of hydrogen-bond acceptors (Lipinski definition) is 5. The van der Waals surface area contributed by atoms with Crippen molar-refractivity contribution in [1.82, 2.24) is 0 Å². The fraction of sp³-hybridized carbons (Fsp3) is 0.682. The number of rotatable bonds is 3. The Balaban J connectivity index is 1.61. The van der Waals surface area contributed by atoms with E-state index in [4.69, 9.17) is 9.84 Å². The van der Waals surface area contributed by atoms with E-state index < -0.39 is 17.0 Å². The third kappa shape index (κ3) is 2.10. The van der Waals surface area contributed by atoms with E-state index in [2.05, 4.69) is 6.08 Å². The van der Waals surface area contributed by atoms with Crippen LogP contribution < -0.4 is 0 Å². The minimum atomic E-state index is -1.32. The number of carboxylic acids is 1. The molecule has 2 aliphatic heterocycles. The van der Waals surface area contributed by atoms with Crippen LogP contribution in [0.1, 0.15) is 51.4 Å². The van der Waals surface area contributed by atoms with E-state index in [0.29, 0.717) is 38.0 Å². The largest absolute Gasteiger partial charge is 0.481 e. The molecule has 6 heteroatoms. The average molecular weight is 386 g/mol. The second kappa shape index (κ2) is 5.78. The van der Waals surface area contributed by atoms with Gasteiger partial charge in [0.05, 0.1) is 11.0 Å². The summed E-state index contributed by atoms with van der Waals surface area (Å²) in [7, 11) is 0. The van der Waals surface area contributed by atoms with E-state index in [1.165, 1.54) is 0 Å². The lowest BCUT2D eigenvalue weighted by Gasteiger charge is -2.59. The number of fused-ring (bicyclic) bond motifs is 3. The molecule has 1 unspecified atom stereocenters. The van der Waals surface area contributed by atoms with E-state index in [9.17, 15) is 19.5 Å². The van der Waals surface area contributed by atoms with Crippen LogP contribution in [0.15, 0.2) is 23.8 Å². The average Bonchev–Trinajstić information content (AvgIpc) is 2.98. The summed E-state index contributed by atoms with van der Waals surface area (Å²) in [5, 5.41) is 20.7. The summed E-state index contributed by atoms with van der Waals surface area (Å²) in [6.45, 7) is 0.250. The molecule has 6 aliphatic rings. The van der Waals surface area contributed by atoms with Gasteiger partial charge in [-0.3, -0.25) is 14.4 Å². The topological polar surface area (TPSA) is 101 Å². The molecule has 2 saturated carbocycles. The molecule has 6 rings (SSSR count). The van der Waals surface area contributed by atoms with Crippen molar-refractivity contribution in [3.05, 3.63) is 23.8 Å². The lowest BCUT2D eigenvalue weighted by Crippen LogP contribution is -2.63. The van der Waals surface area contributed by atoms with Crippen LogP contribution in [0.4, 0.5) is 0 Å². The molecule has 6 nitrogen and oxygen atoms in total. The Bertz CT molecular complexity index is 827. The SMILES string of the molecule is O=C(O)CC[C@]1(O)CC[C@H]2[C@@H]3C=CC4=CC(=O)CC[C@@]45COC(=O)[C@]21CCC35. The van der Waals surface area contributed by atoms with Gasteiger partial charge < -0.3 is 14.9 Å². The summed E-state index contributed by atoms with van der Waals surface area (Å²) in [5.41, 5.74) is -1.64. The van der Waals surface area contributed by atoms with E-state index in [0.717, 1.165) is 12.0 Å². The van der Waals surface area contributed by atoms with Crippen LogP contribution in [-0.2, 0) is 19.1 Å². The van der Waals surface area contributed by atoms with Gasteiger partial charge in [-0.05, 0) is 67.9 Å². The highest BCUT2D eigenvalue weighted by Crippen LogP contribution is 2.68. The lowest BCUT2D eigenvalue weighted by molar-refractivity contribution is -0.206. The quantitative estimate of drug-likeness (QED) is 0.723. The summed E-state index contributed by atoms with van der Waals surface area (Å²) in [4.78, 5) is 36.6. The number of hydrogen-bond donors (Lipinski definition) is 2. The Morgan fingerprint density at radius 1 is 1.18 bits per heavy atom. The van der Waals surface area contributed by atoms with Crippen molar-refractivity contribution < 1.29 is 29.3 Å². The summed E-state index contributed by atoms with van der Waals surface area (Å²) in [5.74, 6) is -0.775. The fourth-order valence-corrected chi connectivity index (χ4v) is 7.32. The van der Waals surface area contributed by atoms with Crippen LogP contribution in [0.5, 0.6) is 0 Å². The predicted octanol–water partition coefficient (Wildman–Crippen LogP) is 2.41. The Kier molecular flexibility index (Phi) is 3.74. The fourth-order valence-electron chi connectivity index (χ4n) is 7.32. The zero-order valence-corrected chi connectivity index (χ0v) is 15.9. The first-order valence-electron chi connectivity index (χ1n) is 10.4. The Hall–Kier alpha value is -1.95. The number of carbonyl (C=O) groups is 3. The van der Waals surface area contributed by atoms with Gasteiger partial charge in [-0.1, -0.05) is 12.2 Å². The zero-order chi connectivity index (χ0) is 19.7. The van der Waals surface area contributed by atoms with Crippen molar-refractivity contribution in [1.29, 1.82) is 0 Å². The summed E-state index contributed by atoms with van der Waals surface area (Å²) in [6, 6.07) is 0. The molecular formula is C22H26O6. The molecule has 28 heavy (non-hydrogen) atoms. The maximum Gasteiger partial charge on any atom is 0.315 e. The first-order chi connectivity index (χ1) is 13.3. The standard InChI is InChI=1S/C22H26O6/c23-14-3-7-20-12-28-19(26)22-10-5-16(20)15(2-1-13(20)11-14)17(22)4-8-21(22,27)9-6-18(24)25/h1-2,11,15-17,27H,3-10,12H2,(H,24,25)/t15-,16?,17+,20-,21-,22+/m1/s1. The molecular weight excluding hydrogens is 360 g/mol. The number of carbonyl (C=O) groups excluding carboxylic acids is 2. The highest BCUT2D eigenvalue weighted by atomic mass is 16.5. The number of aliphatic carboxylic acids is 1. The summed E-state index contributed by atoms with van der Waals surface area (Å²) >= 11 is 0. The molecule has 0 aromatic carbocycles. The number of aliphatic hydroxyl groups is 1. The number of ketones is 1. The highest BCUT2D eigenvalue weighted by Gasteiger charge is 2.71. The number of carboxylic acid groups (broad SMARTS) is 1. The van der Waals surface area contributed by atoms with E-state index >= 15 is 0 Å². The van der Waals surface area contributed by atoms with Crippen LogP contribution in [0.3, 0.4) is 0 Å². The molecule has 4 bridgehead atoms. The summed E-state index contributed by atoms with van der Waals surface area (Å²) < 4.78 is 5.87. The molecule has 2 heterocycles. The maximum absolute atomic E-state index is 13.4. The second-order valence-corrected chi connectivity index (χ2v) is 9.42. The van der Waals surface area contributed by atoms with Crippen LogP contribution >= 0.6 is 0 Å². The van der Waals surface area contributed by atoms with Gasteiger partial charge in [-0.25, -0.2) is 0 Å². The van der Waals surface area contributed by atoms with Crippen molar-refractivity contribution in [2.24, 2.45) is 28.6 Å². The smallest absolute Gasteiger partial charge is 0.315 e. The van der Waals surface area contributed by atoms with Crippen molar-refractivity contribution in [2.45, 2.75) is 57.0 Å². The predicted molar refractivity (Wildman–Crippen MR) is 98.0 cm³/mol. The zero-order valence-electron chi connectivity index (χ0n) is 15.9. The molecule has 2 spiro atoms. The first-order valence-corrected chi connectivity index (χ1v) is 10.4. The van der Waals surface area contributed by atoms with Gasteiger partial charge in [-0.15, -0.1) is 0 Å². The number of esters is 1. The molecule has 0 radical (unpaired) electrons. The van der Waals surface area contributed by atoms with E-state index in [1.54, 1.807) is 6.08 Å². The van der Waals surface area contributed by atoms with Gasteiger partial charge >= 0.3 is 11.9 Å². The molecule has 0 aromatic rings. The lowest BCUT2D eigenvalue weighted by atomic mass is 9.46. The Morgan fingerprint density at radius 2 is 1.96 bits per heavy atom.